The van der Waals surface area contributed by atoms with Crippen molar-refractivity contribution >= 4 is 35.3 Å². The number of hydrogen-bond acceptors (Lipinski definition) is 6. The van der Waals surface area contributed by atoms with Crippen LogP contribution in [0.15, 0.2) is 36.5 Å². The van der Waals surface area contributed by atoms with Crippen LogP contribution in [0.3, 0.4) is 0 Å². The van der Waals surface area contributed by atoms with Gasteiger partial charge in [-0.25, -0.2) is 0 Å². The van der Waals surface area contributed by atoms with E-state index in [1.165, 1.54) is 193 Å². The van der Waals surface area contributed by atoms with E-state index in [0.29, 0.717) is 35.5 Å². The van der Waals surface area contributed by atoms with E-state index < -0.39 is 34.2 Å². The first kappa shape index (κ1) is 89.6. The first-order valence-corrected chi connectivity index (χ1v) is 36.6. The van der Waals surface area contributed by atoms with Gasteiger partial charge in [0.15, 0.2) is 0 Å². The molecule has 85 heavy (non-hydrogen) atoms. The first-order chi connectivity index (χ1) is 40.0. The van der Waals surface area contributed by atoms with Crippen molar-refractivity contribution in [2.24, 2.45) is 51.8 Å². The van der Waals surface area contributed by atoms with Crippen LogP contribution in [-0.4, -0.2) is 35.3 Å². The van der Waals surface area contributed by atoms with Gasteiger partial charge in [-0.2, -0.15) is 0 Å². The molecule has 0 amide bonds. The number of rotatable bonds is 57. The Hall–Kier alpha value is -1.84. The smallest absolute Gasteiger partial charge is 0.550 e. The van der Waals surface area contributed by atoms with Gasteiger partial charge in [-0.05, 0) is 170 Å². The largest absolute Gasteiger partial charge is 3.00 e. The van der Waals surface area contributed by atoms with E-state index in [9.17, 15) is 29.7 Å². The summed E-state index contributed by atoms with van der Waals surface area (Å²) < 4.78 is 0. The third kappa shape index (κ3) is 55.9. The number of carboxylic acids is 3. The molecule has 6 nitrogen and oxygen atoms in total. The van der Waals surface area contributed by atoms with Gasteiger partial charge in [0.1, 0.15) is 0 Å². The van der Waals surface area contributed by atoms with Gasteiger partial charge >= 0.3 is 17.4 Å². The zero-order valence-corrected chi connectivity index (χ0v) is 60.9. The average Bonchev–Trinajstić information content (AvgIpc) is 3.52. The molecule has 0 aliphatic carbocycles. The zero-order chi connectivity index (χ0) is 63.8. The van der Waals surface area contributed by atoms with Crippen molar-refractivity contribution in [1.82, 2.24) is 0 Å². The summed E-state index contributed by atoms with van der Waals surface area (Å²) in [5.41, 5.74) is -1.88. The molecule has 0 N–H and O–H groups in total. The Kier molecular flexibility index (Phi) is 64.3. The maximum absolute atomic E-state index is 11.9. The topological polar surface area (TPSA) is 120 Å². The fourth-order valence-corrected chi connectivity index (χ4v) is 13.4. The zero-order valence-electron chi connectivity index (χ0n) is 59.8. The van der Waals surface area contributed by atoms with E-state index in [1.54, 1.807) is 0 Å². The molecule has 0 aromatic carbocycles. The van der Waals surface area contributed by atoms with Crippen molar-refractivity contribution in [3.8, 4) is 0 Å². The summed E-state index contributed by atoms with van der Waals surface area (Å²) >= 11 is 0. The second-order valence-electron chi connectivity index (χ2n) is 29.2. The molecule has 0 radical (unpaired) electrons. The first-order valence-electron chi connectivity index (χ1n) is 36.6. The molecule has 0 aromatic heterocycles. The fraction of sp³-hybridized carbons (Fsp3) is 0.885. The van der Waals surface area contributed by atoms with Gasteiger partial charge in [-0.1, -0.05) is 294 Å². The van der Waals surface area contributed by atoms with E-state index in [2.05, 4.69) is 140 Å². The van der Waals surface area contributed by atoms with Gasteiger partial charge < -0.3 is 29.7 Å². The van der Waals surface area contributed by atoms with Gasteiger partial charge in [0.2, 0.25) is 0 Å². The minimum absolute atomic E-state index is 0. The van der Waals surface area contributed by atoms with Crippen LogP contribution in [-0.2, 0) is 14.4 Å². The van der Waals surface area contributed by atoms with Crippen LogP contribution in [0.2, 0.25) is 0 Å². The number of unbranched alkanes of at least 4 members (excludes halogenated alkanes) is 30. The van der Waals surface area contributed by atoms with Gasteiger partial charge in [0.05, 0.1) is 0 Å². The van der Waals surface area contributed by atoms with E-state index in [0.717, 1.165) is 96.3 Å². The second kappa shape index (κ2) is 61.0. The normalized spacial score (nSPS) is 12.4. The standard InChI is InChI=1S/3C26H50O2.Al/c3*1-6-7-8-9-10-11-12-13-14-15-16-17-18-19-20-26(25(27)28,21-23(2)3)22-24(4)5;/h3*13-14,23-24H,6-12,15-22H2,1-5H3,(H,27,28);/q;;;+3/p-3/b3*14-13-;. The molecular formula is C78H147AlO6. The molecule has 0 fully saturated rings. The van der Waals surface area contributed by atoms with Crippen LogP contribution in [0, 0.1) is 51.8 Å². The van der Waals surface area contributed by atoms with Crippen molar-refractivity contribution in [3.05, 3.63) is 36.5 Å². The summed E-state index contributed by atoms with van der Waals surface area (Å²) in [6.07, 6.45) is 66.4. The van der Waals surface area contributed by atoms with Gasteiger partial charge in [-0.15, -0.1) is 0 Å². The molecule has 0 rings (SSSR count). The maximum atomic E-state index is 11.9. The molecule has 498 valence electrons. The number of allylic oxidation sites excluding steroid dienone is 6. The Balaban J connectivity index is -0.000000576. The quantitative estimate of drug-likeness (QED) is 0.0340. The van der Waals surface area contributed by atoms with Crippen molar-refractivity contribution in [3.63, 3.8) is 0 Å². The Morgan fingerprint density at radius 3 is 0.541 bits per heavy atom. The molecule has 0 aliphatic rings. The van der Waals surface area contributed by atoms with E-state index in [4.69, 9.17) is 0 Å². The van der Waals surface area contributed by atoms with Crippen molar-refractivity contribution in [2.45, 2.75) is 393 Å². The summed E-state index contributed by atoms with van der Waals surface area (Å²) in [4.78, 5) is 35.8. The number of hydrogen-bond donors (Lipinski definition) is 0. The van der Waals surface area contributed by atoms with E-state index >= 15 is 0 Å². The molecule has 0 bridgehead atoms. The fourth-order valence-electron chi connectivity index (χ4n) is 13.4. The Labute approximate surface area is 543 Å². The molecule has 0 heterocycles. The molecular weight excluding hydrogens is 1060 g/mol. The van der Waals surface area contributed by atoms with E-state index in [1.807, 2.05) is 0 Å². The molecule has 0 aliphatic heterocycles. The van der Waals surface area contributed by atoms with E-state index in [-0.39, 0.29) is 17.4 Å². The number of carboxylic acid groups (broad SMARTS) is 3. The summed E-state index contributed by atoms with van der Waals surface area (Å²) in [5.74, 6) is -0.0989. The van der Waals surface area contributed by atoms with Crippen LogP contribution < -0.4 is 15.3 Å². The summed E-state index contributed by atoms with van der Waals surface area (Å²) in [6, 6.07) is 0. The van der Waals surface area contributed by atoms with Gasteiger partial charge in [0.25, 0.3) is 0 Å². The summed E-state index contributed by atoms with van der Waals surface area (Å²) in [5, 5.41) is 35.8. The molecule has 0 aromatic rings. The Bertz CT molecular complexity index is 1340. The van der Waals surface area contributed by atoms with Gasteiger partial charge in [-0.3, -0.25) is 0 Å². The third-order valence-corrected chi connectivity index (χ3v) is 17.1. The summed E-state index contributed by atoms with van der Waals surface area (Å²) in [6.45, 7) is 32.2. The SMILES string of the molecule is CCCCCCCC/C=C\CCCCCCC(CC(C)C)(CC(C)C)C(=O)[O-].CCCCCCCC/C=C\CCCCCCC(CC(C)C)(CC(C)C)C(=O)[O-].CCCCCCCC/C=C\CCCCCCC(CC(C)C)(CC(C)C)C(=O)[O-].[Al+3]. The second-order valence-corrected chi connectivity index (χ2v) is 29.2. The molecule has 0 unspecified atom stereocenters. The number of aliphatic carboxylic acids is 3. The predicted octanol–water partition coefficient (Wildman–Crippen LogP) is 22.0. The maximum Gasteiger partial charge on any atom is 3.00 e. The number of carbonyl (C=O) groups is 3. The van der Waals surface area contributed by atoms with Crippen LogP contribution in [0.1, 0.15) is 393 Å². The third-order valence-electron chi connectivity index (χ3n) is 17.1. The van der Waals surface area contributed by atoms with Crippen molar-refractivity contribution < 1.29 is 29.7 Å². The van der Waals surface area contributed by atoms with Crippen LogP contribution in [0.5, 0.6) is 0 Å². The Morgan fingerprint density at radius 2 is 0.400 bits per heavy atom. The Morgan fingerprint density at radius 1 is 0.259 bits per heavy atom. The minimum Gasteiger partial charge on any atom is -0.550 e. The van der Waals surface area contributed by atoms with Crippen LogP contribution in [0.25, 0.3) is 0 Å². The molecule has 0 saturated heterocycles. The monoisotopic (exact) mass is 1210 g/mol. The predicted molar refractivity (Wildman–Crippen MR) is 369 cm³/mol. The molecule has 0 spiro atoms. The van der Waals surface area contributed by atoms with Crippen molar-refractivity contribution in [2.75, 3.05) is 0 Å². The van der Waals surface area contributed by atoms with Crippen molar-refractivity contribution in [1.29, 1.82) is 0 Å². The molecule has 7 heteroatoms. The van der Waals surface area contributed by atoms with Crippen LogP contribution >= 0.6 is 0 Å². The van der Waals surface area contributed by atoms with Gasteiger partial charge in [0, 0.05) is 34.2 Å². The molecule has 0 saturated carbocycles. The minimum atomic E-state index is -0.826. The molecule has 0 atom stereocenters. The summed E-state index contributed by atoms with van der Waals surface area (Å²) in [7, 11) is 0. The average molecular weight is 1210 g/mol. The van der Waals surface area contributed by atoms with Crippen LogP contribution in [0.4, 0.5) is 0 Å². The number of carbonyl (C=O) groups excluding carboxylic acids is 3.